The van der Waals surface area contributed by atoms with Crippen LogP contribution in [0.2, 0.25) is 0 Å². The van der Waals surface area contributed by atoms with E-state index in [0.717, 1.165) is 16.7 Å². The molecule has 1 unspecified atom stereocenters. The Balaban J connectivity index is 2.28. The van der Waals surface area contributed by atoms with Crippen LogP contribution in [0, 0.1) is 18.6 Å². The molecule has 2 aromatic rings. The van der Waals surface area contributed by atoms with Gasteiger partial charge in [0.25, 0.3) is 0 Å². The molecular formula is C15H15BrF2N2. The molecule has 3 N–H and O–H groups in total. The summed E-state index contributed by atoms with van der Waals surface area (Å²) in [6, 6.07) is 8.96. The number of hydrogen-bond acceptors (Lipinski definition) is 2. The summed E-state index contributed by atoms with van der Waals surface area (Å²) < 4.78 is 26.9. The summed E-state index contributed by atoms with van der Waals surface area (Å²) in [5.41, 5.74) is 5.41. The van der Waals surface area contributed by atoms with Crippen LogP contribution in [0.15, 0.2) is 40.9 Å². The Bertz CT molecular complexity index is 617. The van der Waals surface area contributed by atoms with E-state index in [1.165, 1.54) is 24.3 Å². The smallest absolute Gasteiger partial charge is 0.124 e. The Kier molecular flexibility index (Phi) is 4.86. The van der Waals surface area contributed by atoms with E-state index in [2.05, 4.69) is 21.4 Å². The van der Waals surface area contributed by atoms with Crippen molar-refractivity contribution in [3.8, 4) is 0 Å². The van der Waals surface area contributed by atoms with E-state index in [9.17, 15) is 8.78 Å². The summed E-state index contributed by atoms with van der Waals surface area (Å²) in [7, 11) is 0. The molecule has 0 aromatic heterocycles. The SMILES string of the molecule is Cc1cc(F)ccc1C(Cc1ccc(F)cc1Br)NN. The number of hydrazine groups is 1. The van der Waals surface area contributed by atoms with E-state index in [0.29, 0.717) is 10.9 Å². The van der Waals surface area contributed by atoms with Gasteiger partial charge in [-0.1, -0.05) is 28.1 Å². The highest BCUT2D eigenvalue weighted by Gasteiger charge is 2.15. The van der Waals surface area contributed by atoms with Gasteiger partial charge in [-0.2, -0.15) is 0 Å². The number of rotatable bonds is 4. The van der Waals surface area contributed by atoms with E-state index >= 15 is 0 Å². The van der Waals surface area contributed by atoms with Crippen molar-refractivity contribution in [3.05, 3.63) is 69.2 Å². The number of nitrogens with one attached hydrogen (secondary N) is 1. The second-order valence-corrected chi connectivity index (χ2v) is 5.51. The topological polar surface area (TPSA) is 38.0 Å². The molecular weight excluding hydrogens is 326 g/mol. The van der Waals surface area contributed by atoms with Gasteiger partial charge >= 0.3 is 0 Å². The lowest BCUT2D eigenvalue weighted by Crippen LogP contribution is -2.30. The van der Waals surface area contributed by atoms with E-state index in [-0.39, 0.29) is 17.7 Å². The minimum atomic E-state index is -0.296. The summed E-state index contributed by atoms with van der Waals surface area (Å²) in [6.45, 7) is 1.84. The summed E-state index contributed by atoms with van der Waals surface area (Å²) in [6.07, 6.45) is 0.573. The fraction of sp³-hybridized carbons (Fsp3) is 0.200. The van der Waals surface area contributed by atoms with Gasteiger partial charge < -0.3 is 0 Å². The zero-order valence-corrected chi connectivity index (χ0v) is 12.5. The summed E-state index contributed by atoms with van der Waals surface area (Å²) in [5, 5.41) is 0. The zero-order chi connectivity index (χ0) is 14.7. The Morgan fingerprint density at radius 2 is 1.80 bits per heavy atom. The molecule has 5 heteroatoms. The first kappa shape index (κ1) is 15.1. The van der Waals surface area contributed by atoms with E-state index in [1.807, 2.05) is 6.92 Å². The summed E-state index contributed by atoms with van der Waals surface area (Å²) in [4.78, 5) is 0. The molecule has 0 heterocycles. The number of hydrogen-bond donors (Lipinski definition) is 2. The number of nitrogens with two attached hydrogens (primary N) is 1. The predicted molar refractivity (Wildman–Crippen MR) is 79.0 cm³/mol. The maximum Gasteiger partial charge on any atom is 0.124 e. The molecule has 0 radical (unpaired) electrons. The van der Waals surface area contributed by atoms with Gasteiger partial charge in [0, 0.05) is 4.47 Å². The fourth-order valence-corrected chi connectivity index (χ4v) is 2.71. The van der Waals surface area contributed by atoms with Crippen molar-refractivity contribution >= 4 is 15.9 Å². The van der Waals surface area contributed by atoms with Gasteiger partial charge in [-0.15, -0.1) is 0 Å². The Labute approximate surface area is 125 Å². The molecule has 0 saturated carbocycles. The first-order valence-corrected chi connectivity index (χ1v) is 6.96. The monoisotopic (exact) mass is 340 g/mol. The number of benzene rings is 2. The van der Waals surface area contributed by atoms with Gasteiger partial charge in [0.05, 0.1) is 6.04 Å². The van der Waals surface area contributed by atoms with Crippen molar-refractivity contribution in [3.63, 3.8) is 0 Å². The largest absolute Gasteiger partial charge is 0.271 e. The average Bonchev–Trinajstić information content (AvgIpc) is 2.39. The first-order chi connectivity index (χ1) is 9.51. The van der Waals surface area contributed by atoms with Crippen molar-refractivity contribution in [2.45, 2.75) is 19.4 Å². The van der Waals surface area contributed by atoms with Crippen LogP contribution < -0.4 is 11.3 Å². The maximum atomic E-state index is 13.1. The standard InChI is InChI=1S/C15H15BrF2N2/c1-9-6-11(17)4-5-13(9)15(20-19)7-10-2-3-12(18)8-14(10)16/h2-6,8,15,20H,7,19H2,1H3. The third-order valence-electron chi connectivity index (χ3n) is 3.25. The molecule has 0 bridgehead atoms. The third-order valence-corrected chi connectivity index (χ3v) is 3.99. The Morgan fingerprint density at radius 3 is 2.40 bits per heavy atom. The third kappa shape index (κ3) is 3.42. The molecule has 106 valence electrons. The molecule has 0 aliphatic heterocycles. The van der Waals surface area contributed by atoms with Gasteiger partial charge in [0.1, 0.15) is 11.6 Å². The van der Waals surface area contributed by atoms with Crippen molar-refractivity contribution < 1.29 is 8.78 Å². The maximum absolute atomic E-state index is 13.1. The van der Waals surface area contributed by atoms with Crippen LogP contribution in [-0.2, 0) is 6.42 Å². The van der Waals surface area contributed by atoms with E-state index in [4.69, 9.17) is 5.84 Å². The molecule has 0 saturated heterocycles. The van der Waals surface area contributed by atoms with Gasteiger partial charge in [-0.3, -0.25) is 11.3 Å². The van der Waals surface area contributed by atoms with Gasteiger partial charge in [0.15, 0.2) is 0 Å². The Morgan fingerprint density at radius 1 is 1.15 bits per heavy atom. The highest BCUT2D eigenvalue weighted by Crippen LogP contribution is 2.26. The Hall–Kier alpha value is -1.30. The highest BCUT2D eigenvalue weighted by molar-refractivity contribution is 9.10. The van der Waals surface area contributed by atoms with Crippen LogP contribution >= 0.6 is 15.9 Å². The van der Waals surface area contributed by atoms with Crippen molar-refractivity contribution in [1.29, 1.82) is 0 Å². The molecule has 2 aromatic carbocycles. The lowest BCUT2D eigenvalue weighted by atomic mass is 9.96. The zero-order valence-electron chi connectivity index (χ0n) is 11.0. The van der Waals surface area contributed by atoms with Gasteiger partial charge in [-0.25, -0.2) is 8.78 Å². The molecule has 20 heavy (non-hydrogen) atoms. The van der Waals surface area contributed by atoms with Crippen LogP contribution in [0.1, 0.15) is 22.7 Å². The molecule has 1 atom stereocenters. The normalized spacial score (nSPS) is 12.4. The predicted octanol–water partition coefficient (Wildman–Crippen LogP) is 3.78. The second kappa shape index (κ2) is 6.43. The lowest BCUT2D eigenvalue weighted by Gasteiger charge is -2.19. The highest BCUT2D eigenvalue weighted by atomic mass is 79.9. The first-order valence-electron chi connectivity index (χ1n) is 6.17. The van der Waals surface area contributed by atoms with Crippen molar-refractivity contribution in [2.75, 3.05) is 0 Å². The molecule has 0 aliphatic carbocycles. The summed E-state index contributed by atoms with van der Waals surface area (Å²) >= 11 is 3.34. The van der Waals surface area contributed by atoms with Crippen LogP contribution in [-0.4, -0.2) is 0 Å². The molecule has 0 aliphatic rings. The van der Waals surface area contributed by atoms with Gasteiger partial charge in [0.2, 0.25) is 0 Å². The quantitative estimate of drug-likeness (QED) is 0.656. The molecule has 0 fully saturated rings. The minimum absolute atomic E-state index is 0.169. The van der Waals surface area contributed by atoms with Crippen LogP contribution in [0.4, 0.5) is 8.78 Å². The number of halogens is 3. The van der Waals surface area contributed by atoms with Gasteiger partial charge in [-0.05, 0) is 54.3 Å². The van der Waals surface area contributed by atoms with Crippen LogP contribution in [0.25, 0.3) is 0 Å². The second-order valence-electron chi connectivity index (χ2n) is 4.66. The van der Waals surface area contributed by atoms with E-state index in [1.54, 1.807) is 12.1 Å². The van der Waals surface area contributed by atoms with Crippen LogP contribution in [0.3, 0.4) is 0 Å². The molecule has 2 rings (SSSR count). The molecule has 0 spiro atoms. The molecule has 0 amide bonds. The van der Waals surface area contributed by atoms with E-state index < -0.39 is 0 Å². The lowest BCUT2D eigenvalue weighted by molar-refractivity contribution is 0.544. The van der Waals surface area contributed by atoms with Crippen molar-refractivity contribution in [1.82, 2.24) is 5.43 Å². The fourth-order valence-electron chi connectivity index (χ4n) is 2.20. The average molecular weight is 341 g/mol. The van der Waals surface area contributed by atoms with Crippen molar-refractivity contribution in [2.24, 2.45) is 5.84 Å². The number of aryl methyl sites for hydroxylation is 1. The van der Waals surface area contributed by atoms with Crippen LogP contribution in [0.5, 0.6) is 0 Å². The minimum Gasteiger partial charge on any atom is -0.271 e. The summed E-state index contributed by atoms with van der Waals surface area (Å²) in [5.74, 6) is 5.04. The molecule has 2 nitrogen and oxygen atoms in total.